The molecule has 0 heterocycles. The van der Waals surface area contributed by atoms with Crippen molar-refractivity contribution in [1.82, 2.24) is 5.32 Å². The minimum Gasteiger partial charge on any atom is -0.388 e. The number of hydrogen-bond donors (Lipinski definition) is 2. The molecule has 16 heavy (non-hydrogen) atoms. The van der Waals surface area contributed by atoms with E-state index >= 15 is 0 Å². The van der Waals surface area contributed by atoms with Crippen molar-refractivity contribution >= 4 is 5.91 Å². The van der Waals surface area contributed by atoms with Crippen LogP contribution in [0.2, 0.25) is 0 Å². The van der Waals surface area contributed by atoms with Gasteiger partial charge in [-0.15, -0.1) is 0 Å². The van der Waals surface area contributed by atoms with Gasteiger partial charge in [0.15, 0.2) is 0 Å². The standard InChI is InChI=1S/C13H25NO2/c1-3-6-11(2)9-12(15)14-10-13(16)7-4-5-8-13/h11,16H,3-10H2,1-2H3,(H,14,15). The first-order valence-corrected chi connectivity index (χ1v) is 6.55. The second-order valence-electron chi connectivity index (χ2n) is 5.31. The highest BCUT2D eigenvalue weighted by Gasteiger charge is 2.31. The smallest absolute Gasteiger partial charge is 0.220 e. The average Bonchev–Trinajstić information content (AvgIpc) is 2.63. The molecule has 1 saturated carbocycles. The van der Waals surface area contributed by atoms with Crippen molar-refractivity contribution in [2.45, 2.75) is 64.4 Å². The van der Waals surface area contributed by atoms with Crippen LogP contribution in [0.5, 0.6) is 0 Å². The number of aliphatic hydroxyl groups is 1. The predicted octanol–water partition coefficient (Wildman–Crippen LogP) is 2.23. The molecule has 3 nitrogen and oxygen atoms in total. The molecule has 94 valence electrons. The Kier molecular flexibility index (Phi) is 5.26. The molecule has 1 aliphatic carbocycles. The summed E-state index contributed by atoms with van der Waals surface area (Å²) < 4.78 is 0. The van der Waals surface area contributed by atoms with Crippen LogP contribution in [0.25, 0.3) is 0 Å². The molecule has 1 fully saturated rings. The van der Waals surface area contributed by atoms with E-state index in [1.807, 2.05) is 0 Å². The fourth-order valence-corrected chi connectivity index (χ4v) is 2.46. The molecule has 1 amide bonds. The van der Waals surface area contributed by atoms with E-state index in [0.717, 1.165) is 38.5 Å². The molecule has 2 N–H and O–H groups in total. The third-order valence-corrected chi connectivity index (χ3v) is 3.46. The normalized spacial score (nSPS) is 20.7. The van der Waals surface area contributed by atoms with Crippen LogP contribution in [-0.2, 0) is 4.79 Å². The van der Waals surface area contributed by atoms with E-state index in [2.05, 4.69) is 19.2 Å². The van der Waals surface area contributed by atoms with Crippen LogP contribution in [0.1, 0.15) is 58.8 Å². The van der Waals surface area contributed by atoms with Gasteiger partial charge < -0.3 is 10.4 Å². The van der Waals surface area contributed by atoms with Gasteiger partial charge in [-0.2, -0.15) is 0 Å². The Morgan fingerprint density at radius 1 is 1.44 bits per heavy atom. The fraction of sp³-hybridized carbons (Fsp3) is 0.923. The van der Waals surface area contributed by atoms with E-state index in [-0.39, 0.29) is 5.91 Å². The van der Waals surface area contributed by atoms with Crippen molar-refractivity contribution in [2.24, 2.45) is 5.92 Å². The molecule has 0 saturated heterocycles. The van der Waals surface area contributed by atoms with Crippen molar-refractivity contribution in [1.29, 1.82) is 0 Å². The van der Waals surface area contributed by atoms with Gasteiger partial charge in [-0.05, 0) is 18.8 Å². The Balaban J connectivity index is 2.19. The summed E-state index contributed by atoms with van der Waals surface area (Å²) in [6.45, 7) is 4.67. The summed E-state index contributed by atoms with van der Waals surface area (Å²) in [6.07, 6.45) is 6.63. The molecule has 3 heteroatoms. The molecule has 0 aromatic carbocycles. The van der Waals surface area contributed by atoms with Crippen LogP contribution in [0.4, 0.5) is 0 Å². The molecular formula is C13H25NO2. The number of nitrogens with one attached hydrogen (secondary N) is 1. The Hall–Kier alpha value is -0.570. The van der Waals surface area contributed by atoms with Gasteiger partial charge in [0.05, 0.1) is 5.60 Å². The Morgan fingerprint density at radius 2 is 2.06 bits per heavy atom. The molecule has 0 aliphatic heterocycles. The highest BCUT2D eigenvalue weighted by atomic mass is 16.3. The minimum atomic E-state index is -0.621. The zero-order valence-corrected chi connectivity index (χ0v) is 10.6. The van der Waals surface area contributed by atoms with Crippen molar-refractivity contribution in [3.8, 4) is 0 Å². The lowest BCUT2D eigenvalue weighted by Crippen LogP contribution is -2.41. The largest absolute Gasteiger partial charge is 0.388 e. The third kappa shape index (κ3) is 4.52. The lowest BCUT2D eigenvalue weighted by atomic mass is 10.0. The maximum Gasteiger partial charge on any atom is 0.220 e. The van der Waals surface area contributed by atoms with E-state index in [9.17, 15) is 9.90 Å². The van der Waals surface area contributed by atoms with Crippen molar-refractivity contribution in [3.63, 3.8) is 0 Å². The quantitative estimate of drug-likeness (QED) is 0.731. The summed E-state index contributed by atoms with van der Waals surface area (Å²) in [5.74, 6) is 0.532. The zero-order valence-electron chi connectivity index (χ0n) is 10.6. The van der Waals surface area contributed by atoms with Gasteiger partial charge >= 0.3 is 0 Å². The summed E-state index contributed by atoms with van der Waals surface area (Å²) >= 11 is 0. The summed E-state index contributed by atoms with van der Waals surface area (Å²) in [5.41, 5.74) is -0.621. The van der Waals surface area contributed by atoms with Crippen LogP contribution >= 0.6 is 0 Å². The predicted molar refractivity (Wildman–Crippen MR) is 65.1 cm³/mol. The number of rotatable bonds is 6. The third-order valence-electron chi connectivity index (χ3n) is 3.46. The molecule has 1 aliphatic rings. The Bertz CT molecular complexity index is 222. The SMILES string of the molecule is CCCC(C)CC(=O)NCC1(O)CCCC1. The van der Waals surface area contributed by atoms with E-state index in [4.69, 9.17) is 0 Å². The van der Waals surface area contributed by atoms with Gasteiger partial charge in [0.1, 0.15) is 0 Å². The zero-order chi connectivity index (χ0) is 12.0. The van der Waals surface area contributed by atoms with Crippen molar-refractivity contribution in [2.75, 3.05) is 6.54 Å². The maximum atomic E-state index is 11.6. The highest BCUT2D eigenvalue weighted by molar-refractivity contribution is 5.76. The van der Waals surface area contributed by atoms with Gasteiger partial charge in [-0.3, -0.25) is 4.79 Å². The maximum absolute atomic E-state index is 11.6. The van der Waals surface area contributed by atoms with Crippen LogP contribution in [0.15, 0.2) is 0 Å². The Labute approximate surface area is 98.6 Å². The molecule has 0 radical (unpaired) electrons. The number of carbonyl (C=O) groups excluding carboxylic acids is 1. The summed E-state index contributed by atoms with van der Waals surface area (Å²) in [4.78, 5) is 11.6. The van der Waals surface area contributed by atoms with E-state index < -0.39 is 5.60 Å². The number of amides is 1. The second kappa shape index (κ2) is 6.24. The minimum absolute atomic E-state index is 0.0845. The van der Waals surface area contributed by atoms with Gasteiger partial charge in [-0.25, -0.2) is 0 Å². The highest BCUT2D eigenvalue weighted by Crippen LogP contribution is 2.28. The summed E-state index contributed by atoms with van der Waals surface area (Å²) in [7, 11) is 0. The van der Waals surface area contributed by atoms with Crippen molar-refractivity contribution in [3.05, 3.63) is 0 Å². The monoisotopic (exact) mass is 227 g/mol. The van der Waals surface area contributed by atoms with Gasteiger partial charge in [0, 0.05) is 13.0 Å². The first kappa shape index (κ1) is 13.5. The van der Waals surface area contributed by atoms with E-state index in [1.165, 1.54) is 0 Å². The van der Waals surface area contributed by atoms with E-state index in [0.29, 0.717) is 18.9 Å². The molecule has 1 atom stereocenters. The molecule has 0 aromatic heterocycles. The molecular weight excluding hydrogens is 202 g/mol. The van der Waals surface area contributed by atoms with Gasteiger partial charge in [-0.1, -0.05) is 39.5 Å². The first-order chi connectivity index (χ1) is 7.56. The van der Waals surface area contributed by atoms with Crippen LogP contribution < -0.4 is 5.32 Å². The lowest BCUT2D eigenvalue weighted by molar-refractivity contribution is -0.123. The topological polar surface area (TPSA) is 49.3 Å². The lowest BCUT2D eigenvalue weighted by Gasteiger charge is -2.22. The van der Waals surface area contributed by atoms with Crippen molar-refractivity contribution < 1.29 is 9.90 Å². The fourth-order valence-electron chi connectivity index (χ4n) is 2.46. The van der Waals surface area contributed by atoms with Crippen LogP contribution in [0.3, 0.4) is 0 Å². The average molecular weight is 227 g/mol. The van der Waals surface area contributed by atoms with Gasteiger partial charge in [0.2, 0.25) is 5.91 Å². The van der Waals surface area contributed by atoms with Gasteiger partial charge in [0.25, 0.3) is 0 Å². The molecule has 1 unspecified atom stereocenters. The first-order valence-electron chi connectivity index (χ1n) is 6.55. The number of carbonyl (C=O) groups is 1. The Morgan fingerprint density at radius 3 is 2.62 bits per heavy atom. The molecule has 1 rings (SSSR count). The summed E-state index contributed by atoms with van der Waals surface area (Å²) in [6, 6.07) is 0. The number of hydrogen-bond acceptors (Lipinski definition) is 2. The summed E-state index contributed by atoms with van der Waals surface area (Å²) in [5, 5.41) is 12.9. The second-order valence-corrected chi connectivity index (χ2v) is 5.31. The van der Waals surface area contributed by atoms with Crippen LogP contribution in [0, 0.1) is 5.92 Å². The molecule has 0 spiro atoms. The van der Waals surface area contributed by atoms with E-state index in [1.54, 1.807) is 0 Å². The molecule has 0 bridgehead atoms. The van der Waals surface area contributed by atoms with Crippen LogP contribution in [-0.4, -0.2) is 23.2 Å². The molecule has 0 aromatic rings.